The summed E-state index contributed by atoms with van der Waals surface area (Å²) in [7, 11) is 0. The maximum Gasteiger partial charge on any atom is 0.270 e. The lowest BCUT2D eigenvalue weighted by atomic mass is 9.88. The van der Waals surface area contributed by atoms with Crippen molar-refractivity contribution in [2.24, 2.45) is 16.8 Å². The summed E-state index contributed by atoms with van der Waals surface area (Å²) in [5.74, 6) is 0.465. The number of nitrogens with zero attached hydrogens (tertiary/aromatic N) is 2. The first kappa shape index (κ1) is 14.0. The molecule has 106 valence electrons. The number of carbonyl (C=O) groups is 2. The van der Waals surface area contributed by atoms with Gasteiger partial charge in [0.15, 0.2) is 0 Å². The van der Waals surface area contributed by atoms with E-state index in [4.69, 9.17) is 5.73 Å². The molecular formula is C13H22N4O2. The molecule has 0 saturated carbocycles. The Morgan fingerprint density at radius 1 is 1.53 bits per heavy atom. The molecule has 2 rings (SSSR count). The van der Waals surface area contributed by atoms with Crippen molar-refractivity contribution in [3.05, 3.63) is 0 Å². The van der Waals surface area contributed by atoms with Crippen molar-refractivity contribution < 1.29 is 9.59 Å². The van der Waals surface area contributed by atoms with E-state index in [-0.39, 0.29) is 17.9 Å². The van der Waals surface area contributed by atoms with Gasteiger partial charge in [-0.25, -0.2) is 5.43 Å². The second-order valence-corrected chi connectivity index (χ2v) is 5.28. The van der Waals surface area contributed by atoms with Gasteiger partial charge >= 0.3 is 0 Å². The van der Waals surface area contributed by atoms with Crippen LogP contribution >= 0.6 is 0 Å². The lowest BCUT2D eigenvalue weighted by molar-refractivity contribution is -0.128. The van der Waals surface area contributed by atoms with Gasteiger partial charge < -0.3 is 10.6 Å². The first-order chi connectivity index (χ1) is 9.15. The monoisotopic (exact) mass is 266 g/mol. The van der Waals surface area contributed by atoms with Crippen molar-refractivity contribution in [1.29, 1.82) is 0 Å². The lowest BCUT2D eigenvalue weighted by Crippen LogP contribution is -2.52. The van der Waals surface area contributed by atoms with Crippen LogP contribution in [0, 0.1) is 5.92 Å². The van der Waals surface area contributed by atoms with Crippen LogP contribution in [0.15, 0.2) is 5.10 Å². The molecule has 0 aromatic carbocycles. The highest BCUT2D eigenvalue weighted by Crippen LogP contribution is 2.25. The summed E-state index contributed by atoms with van der Waals surface area (Å²) < 4.78 is 0. The van der Waals surface area contributed by atoms with Crippen molar-refractivity contribution >= 4 is 17.5 Å². The minimum Gasteiger partial charge on any atom is -0.333 e. The highest BCUT2D eigenvalue weighted by atomic mass is 16.2. The Hall–Kier alpha value is -1.43. The molecule has 0 radical (unpaired) electrons. The number of hydrogen-bond donors (Lipinski definition) is 2. The average molecular weight is 266 g/mol. The van der Waals surface area contributed by atoms with Crippen LogP contribution in [-0.2, 0) is 9.59 Å². The van der Waals surface area contributed by atoms with Gasteiger partial charge in [0.25, 0.3) is 5.91 Å². The molecule has 0 aliphatic carbocycles. The second-order valence-electron chi connectivity index (χ2n) is 5.28. The topological polar surface area (TPSA) is 87.8 Å². The fourth-order valence-electron chi connectivity index (χ4n) is 2.79. The summed E-state index contributed by atoms with van der Waals surface area (Å²) in [6.07, 6.45) is 3.89. The van der Waals surface area contributed by atoms with Gasteiger partial charge in [0.1, 0.15) is 5.71 Å². The van der Waals surface area contributed by atoms with Crippen LogP contribution in [0.4, 0.5) is 0 Å². The average Bonchev–Trinajstić information content (AvgIpc) is 2.46. The van der Waals surface area contributed by atoms with E-state index >= 15 is 0 Å². The Bertz CT molecular complexity index is 394. The van der Waals surface area contributed by atoms with Crippen LogP contribution < -0.4 is 11.2 Å². The smallest absolute Gasteiger partial charge is 0.270 e. The fraction of sp³-hybridized carbons (Fsp3) is 0.769. The van der Waals surface area contributed by atoms with Gasteiger partial charge in [0.2, 0.25) is 5.91 Å². The van der Waals surface area contributed by atoms with E-state index in [1.165, 1.54) is 0 Å². The number of nitrogens with one attached hydrogen (secondary N) is 1. The van der Waals surface area contributed by atoms with Crippen molar-refractivity contribution in [3.63, 3.8) is 0 Å². The van der Waals surface area contributed by atoms with E-state index in [1.807, 2.05) is 4.90 Å². The quantitative estimate of drug-likeness (QED) is 0.766. The number of nitrogens with two attached hydrogens (primary N) is 1. The van der Waals surface area contributed by atoms with Crippen LogP contribution in [-0.4, -0.2) is 41.6 Å². The minimum absolute atomic E-state index is 0.0648. The number of likely N-dealkylation sites (tertiary alicyclic amines) is 1. The van der Waals surface area contributed by atoms with E-state index in [0.29, 0.717) is 31.0 Å². The Balaban J connectivity index is 2.04. The highest BCUT2D eigenvalue weighted by Gasteiger charge is 2.32. The molecule has 2 atom stereocenters. The summed E-state index contributed by atoms with van der Waals surface area (Å²) in [6, 6.07) is 0.103. The third-order valence-corrected chi connectivity index (χ3v) is 4.09. The Morgan fingerprint density at radius 2 is 2.32 bits per heavy atom. The zero-order chi connectivity index (χ0) is 13.8. The van der Waals surface area contributed by atoms with Gasteiger partial charge in [0, 0.05) is 32.0 Å². The predicted octanol–water partition coefficient (Wildman–Crippen LogP) is 0.228. The molecule has 2 unspecified atom stereocenters. The molecule has 2 heterocycles. The van der Waals surface area contributed by atoms with Crippen molar-refractivity contribution in [1.82, 2.24) is 10.3 Å². The van der Waals surface area contributed by atoms with Gasteiger partial charge in [-0.1, -0.05) is 13.3 Å². The van der Waals surface area contributed by atoms with Crippen molar-refractivity contribution in [3.8, 4) is 0 Å². The molecule has 0 bridgehead atoms. The van der Waals surface area contributed by atoms with Crippen LogP contribution in [0.2, 0.25) is 0 Å². The van der Waals surface area contributed by atoms with Gasteiger partial charge in [-0.05, 0) is 18.8 Å². The van der Waals surface area contributed by atoms with E-state index in [9.17, 15) is 9.59 Å². The third-order valence-electron chi connectivity index (χ3n) is 4.09. The summed E-state index contributed by atoms with van der Waals surface area (Å²) in [5, 5.41) is 3.88. The molecule has 19 heavy (non-hydrogen) atoms. The van der Waals surface area contributed by atoms with Crippen LogP contribution in [0.1, 0.15) is 39.0 Å². The molecule has 6 heteroatoms. The number of piperidine rings is 1. The molecule has 2 amide bonds. The van der Waals surface area contributed by atoms with Crippen LogP contribution in [0.5, 0.6) is 0 Å². The maximum atomic E-state index is 12.4. The zero-order valence-corrected chi connectivity index (χ0v) is 11.4. The van der Waals surface area contributed by atoms with Crippen LogP contribution in [0.25, 0.3) is 0 Å². The zero-order valence-electron chi connectivity index (χ0n) is 11.4. The summed E-state index contributed by atoms with van der Waals surface area (Å²) in [4.78, 5) is 25.3. The largest absolute Gasteiger partial charge is 0.333 e. The number of amides is 2. The summed E-state index contributed by atoms with van der Waals surface area (Å²) in [6.45, 7) is 3.41. The van der Waals surface area contributed by atoms with Crippen LogP contribution in [0.3, 0.4) is 0 Å². The maximum absolute atomic E-state index is 12.4. The van der Waals surface area contributed by atoms with Gasteiger partial charge in [0.05, 0.1) is 0 Å². The molecular weight excluding hydrogens is 244 g/mol. The van der Waals surface area contributed by atoms with Crippen molar-refractivity contribution in [2.45, 2.75) is 45.1 Å². The second kappa shape index (κ2) is 6.14. The molecule has 2 aliphatic rings. The Kier molecular flexibility index (Phi) is 4.52. The first-order valence-electron chi connectivity index (χ1n) is 7.02. The van der Waals surface area contributed by atoms with Gasteiger partial charge in [-0.3, -0.25) is 9.59 Å². The number of carbonyl (C=O) groups excluding carboxylic acids is 2. The molecule has 0 aromatic rings. The van der Waals surface area contributed by atoms with E-state index in [2.05, 4.69) is 17.5 Å². The lowest BCUT2D eigenvalue weighted by Gasteiger charge is -2.39. The first-order valence-corrected chi connectivity index (χ1v) is 7.02. The minimum atomic E-state index is -0.128. The van der Waals surface area contributed by atoms with Gasteiger partial charge in [-0.2, -0.15) is 5.10 Å². The van der Waals surface area contributed by atoms with E-state index in [0.717, 1.165) is 25.8 Å². The number of hydrazone groups is 1. The van der Waals surface area contributed by atoms with E-state index < -0.39 is 0 Å². The standard InChI is InChI=1S/C13H22N4O2/c1-2-9-5-6-17(10(7-9)8-14)13(19)11-3-4-12(18)16-15-11/h9-10H,2-8,14H2,1H3,(H,16,18). The molecule has 1 fully saturated rings. The third kappa shape index (κ3) is 3.12. The fourth-order valence-corrected chi connectivity index (χ4v) is 2.79. The normalized spacial score (nSPS) is 27.8. The molecule has 0 spiro atoms. The number of hydrogen-bond acceptors (Lipinski definition) is 4. The highest BCUT2D eigenvalue weighted by molar-refractivity contribution is 6.39. The van der Waals surface area contributed by atoms with E-state index in [1.54, 1.807) is 0 Å². The molecule has 0 aromatic heterocycles. The predicted molar refractivity (Wildman–Crippen MR) is 72.4 cm³/mol. The Labute approximate surface area is 113 Å². The number of rotatable bonds is 3. The SMILES string of the molecule is CCC1CCN(C(=O)C2=NNC(=O)CC2)C(CN)C1. The molecule has 1 saturated heterocycles. The van der Waals surface area contributed by atoms with Gasteiger partial charge in [-0.15, -0.1) is 0 Å². The Morgan fingerprint density at radius 3 is 2.89 bits per heavy atom. The molecule has 2 aliphatic heterocycles. The van der Waals surface area contributed by atoms with Crippen molar-refractivity contribution in [2.75, 3.05) is 13.1 Å². The molecule has 6 nitrogen and oxygen atoms in total. The molecule has 3 N–H and O–H groups in total. The summed E-state index contributed by atoms with van der Waals surface area (Å²) >= 11 is 0. The summed E-state index contributed by atoms with van der Waals surface area (Å²) in [5.41, 5.74) is 8.62.